The molecule has 0 unspecified atom stereocenters. The SMILES string of the molecule is CCOC(=O)[C@@H]1C(=O)OC(C)(C)[C@@H]1[C@H](CC)C(=O)c1ccc(Br)cc1. The molecule has 0 bridgehead atoms. The molecule has 0 N–H and O–H groups in total. The first kappa shape index (κ1) is 19.6. The van der Waals surface area contributed by atoms with Gasteiger partial charge in [-0.05, 0) is 39.3 Å². The molecular formula is C19H23BrO5. The second-order valence-corrected chi connectivity index (χ2v) is 7.58. The van der Waals surface area contributed by atoms with Crippen molar-refractivity contribution in [3.8, 4) is 0 Å². The number of rotatable bonds is 6. The molecule has 1 aromatic carbocycles. The van der Waals surface area contributed by atoms with Gasteiger partial charge in [0, 0.05) is 21.9 Å². The summed E-state index contributed by atoms with van der Waals surface area (Å²) in [5.41, 5.74) is -0.368. The quantitative estimate of drug-likeness (QED) is 0.405. The van der Waals surface area contributed by atoms with Crippen molar-refractivity contribution in [2.24, 2.45) is 17.8 Å². The van der Waals surface area contributed by atoms with Crippen molar-refractivity contribution in [2.75, 3.05) is 6.61 Å². The molecule has 0 aromatic heterocycles. The van der Waals surface area contributed by atoms with Crippen LogP contribution < -0.4 is 0 Å². The van der Waals surface area contributed by atoms with Crippen LogP contribution in [0.25, 0.3) is 0 Å². The van der Waals surface area contributed by atoms with Gasteiger partial charge in [-0.3, -0.25) is 14.4 Å². The van der Waals surface area contributed by atoms with E-state index in [-0.39, 0.29) is 12.4 Å². The molecule has 1 heterocycles. The third-order valence-corrected chi connectivity index (χ3v) is 5.19. The van der Waals surface area contributed by atoms with Gasteiger partial charge in [-0.2, -0.15) is 0 Å². The number of cyclic esters (lactones) is 1. The number of halogens is 1. The zero-order valence-electron chi connectivity index (χ0n) is 14.9. The monoisotopic (exact) mass is 410 g/mol. The molecule has 0 saturated carbocycles. The summed E-state index contributed by atoms with van der Waals surface area (Å²) in [4.78, 5) is 37.7. The number of Topliss-reactive ketones (excluding diaryl/α,β-unsaturated/α-hetero) is 1. The van der Waals surface area contributed by atoms with Crippen LogP contribution in [-0.4, -0.2) is 29.9 Å². The summed E-state index contributed by atoms with van der Waals surface area (Å²) in [5.74, 6) is -3.49. The van der Waals surface area contributed by atoms with Gasteiger partial charge in [0.1, 0.15) is 5.60 Å². The van der Waals surface area contributed by atoms with Crippen molar-refractivity contribution in [1.29, 1.82) is 0 Å². The Labute approximate surface area is 156 Å². The smallest absolute Gasteiger partial charge is 0.321 e. The van der Waals surface area contributed by atoms with Crippen molar-refractivity contribution >= 4 is 33.7 Å². The molecule has 1 fully saturated rings. The van der Waals surface area contributed by atoms with E-state index >= 15 is 0 Å². The highest BCUT2D eigenvalue weighted by Crippen LogP contribution is 2.44. The summed E-state index contributed by atoms with van der Waals surface area (Å²) in [6.07, 6.45) is 0.496. The van der Waals surface area contributed by atoms with Crippen LogP contribution in [0.15, 0.2) is 28.7 Å². The molecule has 0 amide bonds. The standard InChI is InChI=1S/C19H23BrO5/c1-5-13(16(21)11-7-9-12(20)10-8-11)15-14(17(22)24-6-2)18(23)25-19(15,3)4/h7-10,13-15H,5-6H2,1-4H3/t13-,14+,15+/m0/s1. The number of carbonyl (C=O) groups is 3. The summed E-state index contributed by atoms with van der Waals surface area (Å²) >= 11 is 3.35. The third-order valence-electron chi connectivity index (χ3n) is 4.66. The van der Waals surface area contributed by atoms with E-state index in [1.807, 2.05) is 6.92 Å². The lowest BCUT2D eigenvalue weighted by molar-refractivity contribution is -0.157. The summed E-state index contributed by atoms with van der Waals surface area (Å²) in [7, 11) is 0. The lowest BCUT2D eigenvalue weighted by Crippen LogP contribution is -2.42. The molecule has 3 atom stereocenters. The van der Waals surface area contributed by atoms with Crippen LogP contribution >= 0.6 is 15.9 Å². The van der Waals surface area contributed by atoms with Gasteiger partial charge in [-0.1, -0.05) is 35.0 Å². The molecule has 0 aliphatic carbocycles. The Morgan fingerprint density at radius 1 is 1.24 bits per heavy atom. The molecule has 1 saturated heterocycles. The second kappa shape index (κ2) is 7.68. The average Bonchev–Trinajstić information content (AvgIpc) is 2.78. The van der Waals surface area contributed by atoms with E-state index in [0.717, 1.165) is 4.47 Å². The van der Waals surface area contributed by atoms with E-state index < -0.39 is 35.3 Å². The van der Waals surface area contributed by atoms with Gasteiger partial charge in [-0.15, -0.1) is 0 Å². The first-order chi connectivity index (χ1) is 11.7. The normalized spacial score (nSPS) is 23.0. The Kier molecular flexibility index (Phi) is 6.03. The van der Waals surface area contributed by atoms with Gasteiger partial charge < -0.3 is 9.47 Å². The topological polar surface area (TPSA) is 69.7 Å². The van der Waals surface area contributed by atoms with Crippen LogP contribution in [0.4, 0.5) is 0 Å². The Hall–Kier alpha value is -1.69. The number of benzene rings is 1. The average molecular weight is 411 g/mol. The van der Waals surface area contributed by atoms with Crippen molar-refractivity contribution in [2.45, 2.75) is 39.7 Å². The van der Waals surface area contributed by atoms with Crippen molar-refractivity contribution in [3.63, 3.8) is 0 Å². The number of carbonyl (C=O) groups excluding carboxylic acids is 3. The molecule has 5 nitrogen and oxygen atoms in total. The highest BCUT2D eigenvalue weighted by molar-refractivity contribution is 9.10. The molecule has 1 aliphatic heterocycles. The molecular weight excluding hydrogens is 388 g/mol. The van der Waals surface area contributed by atoms with Gasteiger partial charge in [0.25, 0.3) is 0 Å². The van der Waals surface area contributed by atoms with E-state index in [1.54, 1.807) is 45.0 Å². The molecule has 136 valence electrons. The lowest BCUT2D eigenvalue weighted by atomic mass is 9.70. The highest BCUT2D eigenvalue weighted by atomic mass is 79.9. The Morgan fingerprint density at radius 3 is 2.36 bits per heavy atom. The number of hydrogen-bond donors (Lipinski definition) is 0. The minimum absolute atomic E-state index is 0.0966. The summed E-state index contributed by atoms with van der Waals surface area (Å²) in [5, 5.41) is 0. The molecule has 25 heavy (non-hydrogen) atoms. The maximum Gasteiger partial charge on any atom is 0.321 e. The summed E-state index contributed by atoms with van der Waals surface area (Å²) < 4.78 is 11.4. The molecule has 0 spiro atoms. The van der Waals surface area contributed by atoms with Crippen LogP contribution in [0.5, 0.6) is 0 Å². The van der Waals surface area contributed by atoms with Gasteiger partial charge in [0.05, 0.1) is 6.61 Å². The zero-order chi connectivity index (χ0) is 18.8. The number of ketones is 1. The van der Waals surface area contributed by atoms with E-state index in [9.17, 15) is 14.4 Å². The van der Waals surface area contributed by atoms with Gasteiger partial charge in [-0.25, -0.2) is 0 Å². The number of hydrogen-bond acceptors (Lipinski definition) is 5. The predicted octanol–water partition coefficient (Wildman–Crippen LogP) is 3.79. The third kappa shape index (κ3) is 3.94. The molecule has 2 rings (SSSR count). The van der Waals surface area contributed by atoms with Gasteiger partial charge in [0.15, 0.2) is 11.7 Å². The van der Waals surface area contributed by atoms with Crippen LogP contribution in [0.1, 0.15) is 44.5 Å². The Morgan fingerprint density at radius 2 is 1.84 bits per heavy atom. The molecule has 1 aliphatic rings. The predicted molar refractivity (Wildman–Crippen MR) is 96.0 cm³/mol. The van der Waals surface area contributed by atoms with Crippen LogP contribution in [0, 0.1) is 17.8 Å². The fourth-order valence-corrected chi connectivity index (χ4v) is 3.83. The van der Waals surface area contributed by atoms with Crippen molar-refractivity contribution in [3.05, 3.63) is 34.3 Å². The minimum Gasteiger partial charge on any atom is -0.465 e. The van der Waals surface area contributed by atoms with E-state index in [1.165, 1.54) is 0 Å². The first-order valence-electron chi connectivity index (χ1n) is 8.42. The minimum atomic E-state index is -1.07. The van der Waals surface area contributed by atoms with E-state index in [0.29, 0.717) is 12.0 Å². The Balaban J connectivity index is 2.40. The Bertz CT molecular complexity index is 665. The number of esters is 2. The summed E-state index contributed by atoms with van der Waals surface area (Å²) in [6, 6.07) is 7.06. The second-order valence-electron chi connectivity index (χ2n) is 6.67. The van der Waals surface area contributed by atoms with E-state index in [4.69, 9.17) is 9.47 Å². The zero-order valence-corrected chi connectivity index (χ0v) is 16.5. The molecule has 1 aromatic rings. The highest BCUT2D eigenvalue weighted by Gasteiger charge is 2.58. The first-order valence-corrected chi connectivity index (χ1v) is 9.21. The molecule has 6 heteroatoms. The van der Waals surface area contributed by atoms with Crippen LogP contribution in [0.2, 0.25) is 0 Å². The van der Waals surface area contributed by atoms with Crippen LogP contribution in [-0.2, 0) is 19.1 Å². The number of ether oxygens (including phenoxy) is 2. The molecule has 0 radical (unpaired) electrons. The van der Waals surface area contributed by atoms with Gasteiger partial charge >= 0.3 is 11.9 Å². The maximum atomic E-state index is 13.1. The fourth-order valence-electron chi connectivity index (χ4n) is 3.56. The fraction of sp³-hybridized carbons (Fsp3) is 0.526. The van der Waals surface area contributed by atoms with Crippen molar-refractivity contribution in [1.82, 2.24) is 0 Å². The van der Waals surface area contributed by atoms with E-state index in [2.05, 4.69) is 15.9 Å². The largest absolute Gasteiger partial charge is 0.465 e. The van der Waals surface area contributed by atoms with Crippen LogP contribution in [0.3, 0.4) is 0 Å². The summed E-state index contributed by atoms with van der Waals surface area (Å²) in [6.45, 7) is 7.22. The van der Waals surface area contributed by atoms with Crippen molar-refractivity contribution < 1.29 is 23.9 Å². The lowest BCUT2D eigenvalue weighted by Gasteiger charge is -2.32. The maximum absolute atomic E-state index is 13.1. The van der Waals surface area contributed by atoms with Gasteiger partial charge in [0.2, 0.25) is 0 Å².